The summed E-state index contributed by atoms with van der Waals surface area (Å²) in [6.07, 6.45) is 5.75. The van der Waals surface area contributed by atoms with Gasteiger partial charge in [0, 0.05) is 0 Å². The molecule has 0 bridgehead atoms. The predicted molar refractivity (Wildman–Crippen MR) is 64.8 cm³/mol. The Morgan fingerprint density at radius 2 is 1.25 bits per heavy atom. The lowest BCUT2D eigenvalue weighted by molar-refractivity contribution is 0.298. The molecule has 0 spiro atoms. The van der Waals surface area contributed by atoms with E-state index in [0.717, 1.165) is 61.3 Å². The first kappa shape index (κ1) is 11.7. The summed E-state index contributed by atoms with van der Waals surface area (Å²) in [5.74, 6) is 0. The number of rotatable bonds is 2. The molecule has 0 radical (unpaired) electrons. The van der Waals surface area contributed by atoms with Gasteiger partial charge in [0.15, 0.2) is 0 Å². The maximum atomic E-state index is 4.79. The lowest BCUT2D eigenvalue weighted by Gasteiger charge is -2.17. The van der Waals surface area contributed by atoms with E-state index >= 15 is 0 Å². The van der Waals surface area contributed by atoms with Gasteiger partial charge in [-0.15, -0.1) is 0 Å². The second kappa shape index (κ2) is 4.77. The van der Waals surface area contributed by atoms with E-state index in [1.807, 2.05) is 0 Å². The van der Waals surface area contributed by atoms with Crippen LogP contribution in [0.15, 0.2) is 19.5 Å². The molecule has 0 N–H and O–H groups in total. The van der Waals surface area contributed by atoms with Crippen LogP contribution in [0, 0.1) is 0 Å². The quantitative estimate of drug-likeness (QED) is 0.779. The Kier molecular flexibility index (Phi) is 2.79. The van der Waals surface area contributed by atoms with Crippen molar-refractivity contribution in [3.8, 4) is 0 Å². The number of azo groups is 1. The molecule has 0 saturated carbocycles. The Balaban J connectivity index is 1.57. The minimum Gasteiger partial charge on any atom is -0.244 e. The molecule has 2 heterocycles. The minimum absolute atomic E-state index is 0.0461. The van der Waals surface area contributed by atoms with Gasteiger partial charge in [0.25, 0.3) is 0 Å². The molecule has 0 aromatic carbocycles. The van der Waals surface area contributed by atoms with Gasteiger partial charge in [-0.1, -0.05) is 20.6 Å². The van der Waals surface area contributed by atoms with E-state index in [9.17, 15) is 0 Å². The summed E-state index contributed by atoms with van der Waals surface area (Å²) in [5.41, 5.74) is 3.48. The van der Waals surface area contributed by atoms with Crippen LogP contribution in [0.25, 0.3) is 0 Å². The molecule has 8 heteroatoms. The van der Waals surface area contributed by atoms with Crippen LogP contribution in [0.3, 0.4) is 0 Å². The van der Waals surface area contributed by atoms with Crippen molar-refractivity contribution in [3.63, 3.8) is 0 Å². The zero-order valence-electron chi connectivity index (χ0n) is 10.9. The molecule has 0 saturated heterocycles. The van der Waals surface area contributed by atoms with Gasteiger partial charge in [-0.05, 0) is 38.5 Å². The Morgan fingerprint density at radius 3 is 1.75 bits per heavy atom. The highest BCUT2D eigenvalue weighted by atomic mass is 16.6. The molecular formula is C12H14N6O2. The van der Waals surface area contributed by atoms with Crippen LogP contribution < -0.4 is 0 Å². The van der Waals surface area contributed by atoms with Crippen LogP contribution >= 0.6 is 0 Å². The Labute approximate surface area is 114 Å². The zero-order chi connectivity index (χ0) is 13.4. The number of hydrogen-bond acceptors (Lipinski definition) is 8. The first-order chi connectivity index (χ1) is 9.92. The lowest BCUT2D eigenvalue weighted by Crippen LogP contribution is -2.10. The molecule has 2 aromatic heterocycles. The third-order valence-corrected chi connectivity index (χ3v) is 3.93. The number of hydrogen-bond donors (Lipinski definition) is 0. The zero-order valence-corrected chi connectivity index (χ0v) is 10.9. The normalized spacial score (nSPS) is 25.6. The number of aryl methyl sites for hydroxylation is 2. The van der Waals surface area contributed by atoms with Gasteiger partial charge in [0.1, 0.15) is 34.9 Å². The summed E-state index contributed by atoms with van der Waals surface area (Å²) in [6, 6.07) is -0.0922. The van der Waals surface area contributed by atoms with Crippen molar-refractivity contribution in [3.05, 3.63) is 22.8 Å². The largest absolute Gasteiger partial charge is 0.244 e. The maximum Gasteiger partial charge on any atom is 0.134 e. The number of aromatic nitrogens is 4. The first-order valence-corrected chi connectivity index (χ1v) is 6.94. The molecule has 0 fully saturated rings. The molecule has 20 heavy (non-hydrogen) atoms. The van der Waals surface area contributed by atoms with E-state index in [1.54, 1.807) is 0 Å². The molecule has 0 aliphatic heterocycles. The lowest BCUT2D eigenvalue weighted by atomic mass is 9.96. The van der Waals surface area contributed by atoms with Gasteiger partial charge >= 0.3 is 0 Å². The van der Waals surface area contributed by atoms with E-state index in [-0.39, 0.29) is 12.1 Å². The Morgan fingerprint density at radius 1 is 0.750 bits per heavy atom. The van der Waals surface area contributed by atoms with Crippen LogP contribution in [-0.4, -0.2) is 20.6 Å². The van der Waals surface area contributed by atoms with E-state index in [4.69, 9.17) is 9.26 Å². The van der Waals surface area contributed by atoms with Crippen LogP contribution in [0.4, 0.5) is 0 Å². The summed E-state index contributed by atoms with van der Waals surface area (Å²) in [4.78, 5) is 0. The van der Waals surface area contributed by atoms with Crippen molar-refractivity contribution < 1.29 is 9.26 Å². The maximum absolute atomic E-state index is 4.79. The first-order valence-electron chi connectivity index (χ1n) is 6.94. The highest BCUT2D eigenvalue weighted by molar-refractivity contribution is 5.17. The van der Waals surface area contributed by atoms with E-state index in [1.165, 1.54) is 0 Å². The van der Waals surface area contributed by atoms with Gasteiger partial charge in [-0.25, -0.2) is 9.26 Å². The highest BCUT2D eigenvalue weighted by Crippen LogP contribution is 2.34. The Bertz CT molecular complexity index is 579. The van der Waals surface area contributed by atoms with Gasteiger partial charge < -0.3 is 0 Å². The minimum atomic E-state index is -0.0461. The molecule has 0 unspecified atom stereocenters. The Hall–Kier alpha value is -2.12. The molecule has 8 nitrogen and oxygen atoms in total. The third-order valence-electron chi connectivity index (χ3n) is 3.93. The molecule has 0 amide bonds. The second-order valence-corrected chi connectivity index (χ2v) is 5.24. The van der Waals surface area contributed by atoms with Crippen molar-refractivity contribution in [2.45, 2.75) is 50.6 Å². The summed E-state index contributed by atoms with van der Waals surface area (Å²) in [5, 5.41) is 24.6. The monoisotopic (exact) mass is 274 g/mol. The van der Waals surface area contributed by atoms with Gasteiger partial charge in [0.2, 0.25) is 0 Å². The number of nitrogens with zero attached hydrogens (tertiary/aromatic N) is 6. The fourth-order valence-electron chi connectivity index (χ4n) is 2.86. The summed E-state index contributed by atoms with van der Waals surface area (Å²) >= 11 is 0. The fraction of sp³-hybridized carbons (Fsp3) is 0.667. The van der Waals surface area contributed by atoms with Crippen LogP contribution in [0.2, 0.25) is 0 Å². The molecule has 2 atom stereocenters. The third kappa shape index (κ3) is 1.91. The van der Waals surface area contributed by atoms with Crippen LogP contribution in [-0.2, 0) is 12.8 Å². The van der Waals surface area contributed by atoms with Crippen molar-refractivity contribution in [2.75, 3.05) is 0 Å². The fourth-order valence-corrected chi connectivity index (χ4v) is 2.86. The highest BCUT2D eigenvalue weighted by Gasteiger charge is 2.28. The van der Waals surface area contributed by atoms with E-state index in [2.05, 4.69) is 30.9 Å². The second-order valence-electron chi connectivity index (χ2n) is 5.24. The standard InChI is InChI=1S/C12H14N6O2/c1-3-7(11-9(5-1)15-19-17-11)13-14-8-4-2-6-10-12(8)18-20-16-10/h7-8H,1-6H2/t7-,8-/m1/s1. The van der Waals surface area contributed by atoms with Gasteiger partial charge in [-0.3, -0.25) is 0 Å². The molecule has 104 valence electrons. The van der Waals surface area contributed by atoms with E-state index in [0.29, 0.717) is 0 Å². The van der Waals surface area contributed by atoms with Crippen molar-refractivity contribution in [1.82, 2.24) is 20.6 Å². The van der Waals surface area contributed by atoms with Crippen LogP contribution in [0.1, 0.15) is 60.5 Å². The molecular weight excluding hydrogens is 260 g/mol. The summed E-state index contributed by atoms with van der Waals surface area (Å²) in [6.45, 7) is 0. The topological polar surface area (TPSA) is 103 Å². The number of fused-ring (bicyclic) bond motifs is 2. The molecule has 4 rings (SSSR count). The predicted octanol–water partition coefficient (Wildman–Crippen LogP) is 2.36. The molecule has 2 aliphatic carbocycles. The van der Waals surface area contributed by atoms with Gasteiger partial charge in [0.05, 0.1) is 0 Å². The average molecular weight is 274 g/mol. The average Bonchev–Trinajstić information content (AvgIpc) is 3.13. The van der Waals surface area contributed by atoms with Crippen molar-refractivity contribution in [1.29, 1.82) is 0 Å². The summed E-state index contributed by atoms with van der Waals surface area (Å²) in [7, 11) is 0. The van der Waals surface area contributed by atoms with Crippen molar-refractivity contribution in [2.24, 2.45) is 10.2 Å². The van der Waals surface area contributed by atoms with E-state index < -0.39 is 0 Å². The molecule has 2 aromatic rings. The van der Waals surface area contributed by atoms with Gasteiger partial charge in [-0.2, -0.15) is 10.2 Å². The molecule has 2 aliphatic rings. The van der Waals surface area contributed by atoms with Crippen LogP contribution in [0.5, 0.6) is 0 Å². The summed E-state index contributed by atoms with van der Waals surface area (Å²) < 4.78 is 9.59. The van der Waals surface area contributed by atoms with Crippen molar-refractivity contribution >= 4 is 0 Å². The SMILES string of the molecule is C1Cc2nonc2[C@H](N=N[C@@H]2CCCc3nonc32)C1. The smallest absolute Gasteiger partial charge is 0.134 e.